The number of aliphatic hydroxyl groups is 1. The number of nitrogens with zero attached hydrogens (tertiary/aromatic N) is 4. The smallest absolute Gasteiger partial charge is 0.150 e. The number of aryl methyl sites for hydroxylation is 3. The van der Waals surface area contributed by atoms with Gasteiger partial charge in [-0.15, -0.1) is 0 Å². The molecule has 7 nitrogen and oxygen atoms in total. The Bertz CT molecular complexity index is 771. The van der Waals surface area contributed by atoms with Crippen molar-refractivity contribution in [3.63, 3.8) is 0 Å². The van der Waals surface area contributed by atoms with Gasteiger partial charge in [0.15, 0.2) is 5.76 Å². The van der Waals surface area contributed by atoms with Crippen molar-refractivity contribution in [3.8, 4) is 0 Å². The van der Waals surface area contributed by atoms with Crippen LogP contribution in [0.1, 0.15) is 47.7 Å². The molecule has 2 saturated heterocycles. The molecule has 0 saturated carbocycles. The molecule has 28 heavy (non-hydrogen) atoms. The van der Waals surface area contributed by atoms with Crippen LogP contribution in [0.25, 0.3) is 0 Å². The van der Waals surface area contributed by atoms with Gasteiger partial charge in [-0.3, -0.25) is 14.9 Å². The van der Waals surface area contributed by atoms with Crippen LogP contribution in [0.5, 0.6) is 0 Å². The van der Waals surface area contributed by atoms with Crippen LogP contribution in [-0.4, -0.2) is 63.0 Å². The average molecular weight is 388 g/mol. The van der Waals surface area contributed by atoms with Crippen molar-refractivity contribution in [2.75, 3.05) is 32.8 Å². The van der Waals surface area contributed by atoms with Crippen LogP contribution in [0.15, 0.2) is 10.6 Å². The summed E-state index contributed by atoms with van der Waals surface area (Å²) in [7, 11) is 0. The Hall–Kier alpha value is -1.70. The van der Waals surface area contributed by atoms with Gasteiger partial charge < -0.3 is 9.63 Å². The van der Waals surface area contributed by atoms with E-state index < -0.39 is 0 Å². The van der Waals surface area contributed by atoms with Crippen molar-refractivity contribution < 1.29 is 9.63 Å². The van der Waals surface area contributed by atoms with Gasteiger partial charge in [-0.2, -0.15) is 5.10 Å². The number of piperidine rings is 2. The monoisotopic (exact) mass is 387 g/mol. The standard InChI is InChI=1S/C21H33N5O2/c1-15-10-19(28-24-15)12-25-7-4-21(5-8-25)6-9-26(11-18(21)14-27)13-20-16(2)22-23-17(20)3/h10,18,27H,4-9,11-14H2,1-3H3,(H,22,23). The van der Waals surface area contributed by atoms with Crippen LogP contribution in [0.3, 0.4) is 0 Å². The maximum absolute atomic E-state index is 10.2. The van der Waals surface area contributed by atoms with Crippen molar-refractivity contribution in [1.82, 2.24) is 25.2 Å². The first-order chi connectivity index (χ1) is 13.5. The fraction of sp³-hybridized carbons (Fsp3) is 0.714. The Morgan fingerprint density at radius 2 is 1.86 bits per heavy atom. The van der Waals surface area contributed by atoms with Crippen LogP contribution < -0.4 is 0 Å². The summed E-state index contributed by atoms with van der Waals surface area (Å²) in [6, 6.07) is 2.03. The maximum Gasteiger partial charge on any atom is 0.150 e. The van der Waals surface area contributed by atoms with Crippen LogP contribution in [0.2, 0.25) is 0 Å². The molecule has 2 aromatic rings. The number of aliphatic hydroxyl groups excluding tert-OH is 1. The van der Waals surface area contributed by atoms with Gasteiger partial charge in [0.25, 0.3) is 0 Å². The second-order valence-corrected chi connectivity index (χ2v) is 8.85. The second kappa shape index (κ2) is 7.97. The van der Waals surface area contributed by atoms with Gasteiger partial charge in [0.05, 0.1) is 17.9 Å². The molecule has 0 amide bonds. The number of H-pyrrole nitrogens is 1. The zero-order chi connectivity index (χ0) is 19.7. The second-order valence-electron chi connectivity index (χ2n) is 8.85. The lowest BCUT2D eigenvalue weighted by molar-refractivity contribution is -0.0460. The predicted octanol–water partition coefficient (Wildman–Crippen LogP) is 2.42. The first kappa shape index (κ1) is 19.6. The Kier molecular flexibility index (Phi) is 5.58. The minimum Gasteiger partial charge on any atom is -0.396 e. The third kappa shape index (κ3) is 3.88. The lowest BCUT2D eigenvalue weighted by Gasteiger charge is -2.51. The van der Waals surface area contributed by atoms with E-state index in [0.717, 1.165) is 75.0 Å². The Balaban J connectivity index is 1.35. The molecule has 4 heterocycles. The van der Waals surface area contributed by atoms with E-state index in [0.29, 0.717) is 5.92 Å². The molecule has 0 bridgehead atoms. The number of aromatic nitrogens is 3. The highest BCUT2D eigenvalue weighted by Crippen LogP contribution is 2.45. The van der Waals surface area contributed by atoms with E-state index in [1.54, 1.807) is 0 Å². The first-order valence-electron chi connectivity index (χ1n) is 10.5. The summed E-state index contributed by atoms with van der Waals surface area (Å²) < 4.78 is 5.38. The van der Waals surface area contributed by atoms with Crippen molar-refractivity contribution in [1.29, 1.82) is 0 Å². The third-order valence-corrected chi connectivity index (χ3v) is 7.06. The van der Waals surface area contributed by atoms with E-state index in [-0.39, 0.29) is 12.0 Å². The Morgan fingerprint density at radius 1 is 1.14 bits per heavy atom. The van der Waals surface area contributed by atoms with Gasteiger partial charge in [-0.05, 0) is 65.1 Å². The molecule has 2 aliphatic rings. The Morgan fingerprint density at radius 3 is 2.43 bits per heavy atom. The molecule has 2 aromatic heterocycles. The van der Waals surface area contributed by atoms with Crippen LogP contribution in [0.4, 0.5) is 0 Å². The predicted molar refractivity (Wildman–Crippen MR) is 107 cm³/mol. The van der Waals surface area contributed by atoms with Crippen molar-refractivity contribution in [2.24, 2.45) is 11.3 Å². The summed E-state index contributed by atoms with van der Waals surface area (Å²) >= 11 is 0. The highest BCUT2D eigenvalue weighted by Gasteiger charge is 2.44. The number of hydrogen-bond donors (Lipinski definition) is 2. The van der Waals surface area contributed by atoms with E-state index in [1.165, 1.54) is 12.0 Å². The van der Waals surface area contributed by atoms with E-state index >= 15 is 0 Å². The normalized spacial score (nSPS) is 23.5. The molecule has 154 valence electrons. The van der Waals surface area contributed by atoms with Gasteiger partial charge in [0.1, 0.15) is 0 Å². The quantitative estimate of drug-likeness (QED) is 0.820. The van der Waals surface area contributed by atoms with Crippen LogP contribution in [0, 0.1) is 32.1 Å². The first-order valence-corrected chi connectivity index (χ1v) is 10.5. The van der Waals surface area contributed by atoms with Gasteiger partial charge >= 0.3 is 0 Å². The zero-order valence-electron chi connectivity index (χ0n) is 17.4. The molecule has 2 aliphatic heterocycles. The summed E-state index contributed by atoms with van der Waals surface area (Å²) in [5.41, 5.74) is 4.78. The van der Waals surface area contributed by atoms with Gasteiger partial charge in [0.2, 0.25) is 0 Å². The topological polar surface area (TPSA) is 81.4 Å². The molecule has 0 radical (unpaired) electrons. The average Bonchev–Trinajstić information content (AvgIpc) is 3.24. The van der Waals surface area contributed by atoms with Gasteiger partial charge in [-0.25, -0.2) is 0 Å². The molecule has 1 atom stereocenters. The summed E-state index contributed by atoms with van der Waals surface area (Å²) in [4.78, 5) is 4.96. The molecular weight excluding hydrogens is 354 g/mol. The van der Waals surface area contributed by atoms with E-state index in [9.17, 15) is 5.11 Å². The molecule has 1 spiro atoms. The lowest BCUT2D eigenvalue weighted by Crippen LogP contribution is -2.53. The van der Waals surface area contributed by atoms with Crippen molar-refractivity contribution in [2.45, 2.75) is 53.1 Å². The van der Waals surface area contributed by atoms with Crippen LogP contribution >= 0.6 is 0 Å². The number of aromatic amines is 1. The minimum atomic E-state index is 0.277. The molecule has 4 rings (SSSR count). The summed E-state index contributed by atoms with van der Waals surface area (Å²) in [5, 5.41) is 21.6. The largest absolute Gasteiger partial charge is 0.396 e. The minimum absolute atomic E-state index is 0.277. The molecule has 7 heteroatoms. The van der Waals surface area contributed by atoms with Crippen molar-refractivity contribution in [3.05, 3.63) is 34.5 Å². The molecule has 1 unspecified atom stereocenters. The van der Waals surface area contributed by atoms with Crippen molar-refractivity contribution >= 4 is 0 Å². The van der Waals surface area contributed by atoms with E-state index in [2.05, 4.69) is 39.0 Å². The third-order valence-electron chi connectivity index (χ3n) is 7.06. The van der Waals surface area contributed by atoms with Gasteiger partial charge in [0, 0.05) is 42.9 Å². The molecule has 2 N–H and O–H groups in total. The number of likely N-dealkylation sites (tertiary alicyclic amines) is 2. The summed E-state index contributed by atoms with van der Waals surface area (Å²) in [6.07, 6.45) is 3.48. The molecule has 0 aromatic carbocycles. The van der Waals surface area contributed by atoms with E-state index in [1.807, 2.05) is 13.0 Å². The zero-order valence-corrected chi connectivity index (χ0v) is 17.4. The summed E-state index contributed by atoms with van der Waals surface area (Å²) in [5.74, 6) is 1.30. The molecular formula is C21H33N5O2. The maximum atomic E-state index is 10.2. The van der Waals surface area contributed by atoms with Gasteiger partial charge in [-0.1, -0.05) is 5.16 Å². The van der Waals surface area contributed by atoms with E-state index in [4.69, 9.17) is 4.52 Å². The highest BCUT2D eigenvalue weighted by molar-refractivity contribution is 5.23. The molecule has 2 fully saturated rings. The fourth-order valence-corrected chi connectivity index (χ4v) is 5.13. The number of hydrogen-bond acceptors (Lipinski definition) is 6. The summed E-state index contributed by atoms with van der Waals surface area (Å²) in [6.45, 7) is 12.4. The Labute approximate surface area is 167 Å². The molecule has 0 aliphatic carbocycles. The fourth-order valence-electron chi connectivity index (χ4n) is 5.13. The lowest BCUT2D eigenvalue weighted by atomic mass is 9.64. The van der Waals surface area contributed by atoms with Crippen LogP contribution in [-0.2, 0) is 13.1 Å². The SMILES string of the molecule is Cc1cc(CN2CCC3(CC2)CCN(Cc2c(C)n[nH]c2C)CC3CO)on1. The number of rotatable bonds is 5. The highest BCUT2D eigenvalue weighted by atomic mass is 16.5. The number of nitrogens with one attached hydrogen (secondary N) is 1.